The van der Waals surface area contributed by atoms with Crippen LogP contribution in [-0.2, 0) is 5.41 Å². The molecule has 0 atom stereocenters. The normalized spacial score (nSPS) is 15.6. The molecule has 38 heavy (non-hydrogen) atoms. The van der Waals surface area contributed by atoms with Gasteiger partial charge in [0.15, 0.2) is 5.65 Å². The maximum atomic E-state index is 13.7. The number of amides is 2. The van der Waals surface area contributed by atoms with Gasteiger partial charge in [-0.25, -0.2) is 13.9 Å². The Hall–Kier alpha value is -4.14. The molecule has 1 saturated heterocycles. The van der Waals surface area contributed by atoms with Crippen LogP contribution in [0.1, 0.15) is 61.2 Å². The molecule has 1 aliphatic heterocycles. The molecule has 3 aromatic heterocycles. The lowest BCUT2D eigenvalue weighted by atomic mass is 9.87. The summed E-state index contributed by atoms with van der Waals surface area (Å²) in [5.41, 5.74) is 2.76. The lowest BCUT2D eigenvalue weighted by Gasteiger charge is -2.46. The van der Waals surface area contributed by atoms with Crippen LogP contribution < -0.4 is 0 Å². The van der Waals surface area contributed by atoms with Crippen molar-refractivity contribution in [3.8, 4) is 11.3 Å². The van der Waals surface area contributed by atoms with Gasteiger partial charge in [0.2, 0.25) is 0 Å². The highest BCUT2D eigenvalue weighted by Crippen LogP contribution is 2.31. The van der Waals surface area contributed by atoms with Crippen molar-refractivity contribution in [3.05, 3.63) is 83.7 Å². The highest BCUT2D eigenvalue weighted by Gasteiger charge is 2.40. The van der Waals surface area contributed by atoms with Crippen LogP contribution >= 0.6 is 0 Å². The zero-order chi connectivity index (χ0) is 27.2. The van der Waals surface area contributed by atoms with Gasteiger partial charge in [0.05, 0.1) is 17.4 Å². The minimum Gasteiger partial charge on any atom is -0.333 e. The minimum atomic E-state index is -0.616. The Morgan fingerprint density at radius 3 is 2.34 bits per heavy atom. The van der Waals surface area contributed by atoms with E-state index in [2.05, 4.69) is 25.8 Å². The molecule has 0 N–H and O–H groups in total. The Balaban J connectivity index is 1.46. The number of rotatable bonds is 3. The van der Waals surface area contributed by atoms with Crippen molar-refractivity contribution in [2.75, 3.05) is 19.6 Å². The minimum absolute atomic E-state index is 0.147. The van der Waals surface area contributed by atoms with E-state index in [-0.39, 0.29) is 28.7 Å². The van der Waals surface area contributed by atoms with Crippen LogP contribution in [-0.4, -0.2) is 66.4 Å². The van der Waals surface area contributed by atoms with Crippen molar-refractivity contribution in [1.82, 2.24) is 29.4 Å². The molecule has 0 spiro atoms. The first-order valence-corrected chi connectivity index (χ1v) is 12.6. The number of aromatic nitrogens is 4. The molecule has 0 bridgehead atoms. The Morgan fingerprint density at radius 1 is 0.974 bits per heavy atom. The van der Waals surface area contributed by atoms with E-state index in [1.165, 1.54) is 12.1 Å². The molecule has 2 amide bonds. The van der Waals surface area contributed by atoms with E-state index >= 15 is 0 Å². The van der Waals surface area contributed by atoms with Crippen LogP contribution in [0.4, 0.5) is 4.39 Å². The van der Waals surface area contributed by atoms with Gasteiger partial charge in [-0.05, 0) is 61.7 Å². The molecular formula is C29H31FN6O2. The lowest BCUT2D eigenvalue weighted by Crippen LogP contribution is -2.62. The number of benzene rings is 1. The number of hydrogen-bond donors (Lipinski definition) is 0. The van der Waals surface area contributed by atoms with Gasteiger partial charge >= 0.3 is 0 Å². The highest BCUT2D eigenvalue weighted by atomic mass is 19.1. The monoisotopic (exact) mass is 514 g/mol. The fourth-order valence-corrected chi connectivity index (χ4v) is 4.89. The molecule has 9 heteroatoms. The van der Waals surface area contributed by atoms with Gasteiger partial charge < -0.3 is 9.80 Å². The second-order valence-corrected chi connectivity index (χ2v) is 11.3. The summed E-state index contributed by atoms with van der Waals surface area (Å²) in [6, 6.07) is 13.4. The zero-order valence-corrected chi connectivity index (χ0v) is 22.3. The van der Waals surface area contributed by atoms with Crippen LogP contribution in [0.15, 0.2) is 60.9 Å². The summed E-state index contributed by atoms with van der Waals surface area (Å²) in [6.07, 6.45) is 3.25. The van der Waals surface area contributed by atoms with E-state index in [1.807, 2.05) is 19.9 Å². The molecule has 8 nitrogen and oxygen atoms in total. The standard InChI is InChI=1S/C29H31FN6O2/c1-28(2,3)21-16-23(19-9-11-20(30)12-10-19)33-36-17-24(32-25(21)36)27(38)35-15-14-34(18-29(35,4)5)26(37)22-8-6-7-13-31-22/h6-13,16-17H,14-15,18H2,1-5H3. The van der Waals surface area contributed by atoms with Gasteiger partial charge in [-0.3, -0.25) is 14.6 Å². The summed E-state index contributed by atoms with van der Waals surface area (Å²) >= 11 is 0. The molecule has 1 aromatic carbocycles. The Bertz CT molecular complexity index is 1510. The van der Waals surface area contributed by atoms with Crippen LogP contribution in [0.5, 0.6) is 0 Å². The number of fused-ring (bicyclic) bond motifs is 1. The lowest BCUT2D eigenvalue weighted by molar-refractivity contribution is 0.0163. The Kier molecular flexibility index (Phi) is 6.25. The van der Waals surface area contributed by atoms with Gasteiger partial charge in [0.25, 0.3) is 11.8 Å². The van der Waals surface area contributed by atoms with Crippen molar-refractivity contribution < 1.29 is 14.0 Å². The molecule has 0 aliphatic carbocycles. The number of hydrogen-bond acceptors (Lipinski definition) is 5. The molecule has 4 aromatic rings. The number of imidazole rings is 1. The van der Waals surface area contributed by atoms with Gasteiger partial charge in [-0.1, -0.05) is 26.8 Å². The van der Waals surface area contributed by atoms with Crippen LogP contribution in [0.25, 0.3) is 16.9 Å². The summed E-state index contributed by atoms with van der Waals surface area (Å²) in [5.74, 6) is -0.676. The predicted octanol–water partition coefficient (Wildman–Crippen LogP) is 4.60. The number of piperazine rings is 1. The SMILES string of the molecule is CC(C)(C)c1cc(-c2ccc(F)cc2)nn2cc(C(=O)N3CCN(C(=O)c4ccccn4)CC3(C)C)nc12. The van der Waals surface area contributed by atoms with Crippen molar-refractivity contribution in [3.63, 3.8) is 0 Å². The quantitative estimate of drug-likeness (QED) is 0.399. The molecular weight excluding hydrogens is 483 g/mol. The molecule has 1 fully saturated rings. The van der Waals surface area contributed by atoms with Crippen LogP contribution in [0.3, 0.4) is 0 Å². The molecule has 196 valence electrons. The molecule has 4 heterocycles. The first kappa shape index (κ1) is 25.5. The average Bonchev–Trinajstić information content (AvgIpc) is 3.31. The van der Waals surface area contributed by atoms with Gasteiger partial charge in [-0.2, -0.15) is 5.10 Å². The molecule has 5 rings (SSSR count). The van der Waals surface area contributed by atoms with Gasteiger partial charge in [0.1, 0.15) is 17.2 Å². The van der Waals surface area contributed by atoms with E-state index in [4.69, 9.17) is 10.1 Å². The highest BCUT2D eigenvalue weighted by molar-refractivity contribution is 5.95. The molecule has 0 radical (unpaired) electrons. The van der Waals surface area contributed by atoms with Crippen molar-refractivity contribution in [1.29, 1.82) is 0 Å². The topological polar surface area (TPSA) is 83.7 Å². The van der Waals surface area contributed by atoms with Crippen LogP contribution in [0.2, 0.25) is 0 Å². The molecule has 0 saturated carbocycles. The fraction of sp³-hybridized carbons (Fsp3) is 0.345. The van der Waals surface area contributed by atoms with E-state index in [0.29, 0.717) is 36.7 Å². The van der Waals surface area contributed by atoms with Gasteiger partial charge in [0, 0.05) is 37.0 Å². The van der Waals surface area contributed by atoms with Crippen molar-refractivity contribution >= 4 is 17.5 Å². The van der Waals surface area contributed by atoms with Gasteiger partial charge in [-0.15, -0.1) is 0 Å². The molecule has 1 aliphatic rings. The van der Waals surface area contributed by atoms with E-state index in [0.717, 1.165) is 11.1 Å². The second-order valence-electron chi connectivity index (χ2n) is 11.3. The summed E-state index contributed by atoms with van der Waals surface area (Å²) in [6.45, 7) is 11.3. The van der Waals surface area contributed by atoms with E-state index < -0.39 is 5.54 Å². The third kappa shape index (κ3) is 4.76. The summed E-state index contributed by atoms with van der Waals surface area (Å²) in [7, 11) is 0. The number of carbonyl (C=O) groups is 2. The number of carbonyl (C=O) groups excluding carboxylic acids is 2. The average molecular weight is 515 g/mol. The Morgan fingerprint density at radius 2 is 1.71 bits per heavy atom. The zero-order valence-electron chi connectivity index (χ0n) is 22.3. The summed E-state index contributed by atoms with van der Waals surface area (Å²) in [5, 5.41) is 4.70. The smallest absolute Gasteiger partial charge is 0.274 e. The van der Waals surface area contributed by atoms with Crippen molar-refractivity contribution in [2.45, 2.75) is 45.6 Å². The van der Waals surface area contributed by atoms with E-state index in [9.17, 15) is 14.0 Å². The maximum Gasteiger partial charge on any atom is 0.274 e. The largest absolute Gasteiger partial charge is 0.333 e. The molecule has 0 unspecified atom stereocenters. The third-order valence-electron chi connectivity index (χ3n) is 6.91. The van der Waals surface area contributed by atoms with E-state index in [1.54, 1.807) is 57.0 Å². The maximum absolute atomic E-state index is 13.7. The van der Waals surface area contributed by atoms with Crippen molar-refractivity contribution in [2.24, 2.45) is 0 Å². The predicted molar refractivity (Wildman–Crippen MR) is 142 cm³/mol. The Labute approximate surface area is 221 Å². The summed E-state index contributed by atoms with van der Waals surface area (Å²) in [4.78, 5) is 39.1. The summed E-state index contributed by atoms with van der Waals surface area (Å²) < 4.78 is 15.1. The number of nitrogens with zero attached hydrogens (tertiary/aromatic N) is 6. The second kappa shape index (κ2) is 9.31. The fourth-order valence-electron chi connectivity index (χ4n) is 4.89. The first-order chi connectivity index (χ1) is 17.9. The van der Waals surface area contributed by atoms with Crippen LogP contribution in [0, 0.1) is 5.82 Å². The first-order valence-electron chi connectivity index (χ1n) is 12.6. The third-order valence-corrected chi connectivity index (χ3v) is 6.91. The number of halogens is 1. The number of pyridine rings is 1.